The number of imidazole rings is 1. The van der Waals surface area contributed by atoms with E-state index >= 15 is 0 Å². The Morgan fingerprint density at radius 1 is 1.11 bits per heavy atom. The second kappa shape index (κ2) is 7.69. The number of hydrogen-bond acceptors (Lipinski definition) is 7. The van der Waals surface area contributed by atoms with E-state index in [4.69, 9.17) is 9.72 Å². The fraction of sp³-hybridized carbons (Fsp3) is 0.316. The summed E-state index contributed by atoms with van der Waals surface area (Å²) < 4.78 is 30.9. The first-order chi connectivity index (χ1) is 13.5. The number of sulfone groups is 1. The Labute approximate surface area is 163 Å². The van der Waals surface area contributed by atoms with E-state index in [1.54, 1.807) is 18.6 Å². The molecule has 3 heterocycles. The van der Waals surface area contributed by atoms with Gasteiger partial charge in [0.15, 0.2) is 15.7 Å². The van der Waals surface area contributed by atoms with Gasteiger partial charge in [0, 0.05) is 49.1 Å². The third-order valence-electron chi connectivity index (χ3n) is 4.44. The minimum absolute atomic E-state index is 0.118. The van der Waals surface area contributed by atoms with Crippen molar-refractivity contribution >= 4 is 15.7 Å². The zero-order valence-electron chi connectivity index (χ0n) is 15.5. The van der Waals surface area contributed by atoms with Crippen molar-refractivity contribution in [2.75, 3.05) is 37.5 Å². The summed E-state index contributed by atoms with van der Waals surface area (Å²) in [7, 11) is -3.20. The van der Waals surface area contributed by atoms with Gasteiger partial charge in [-0.15, -0.1) is 0 Å². The highest BCUT2D eigenvalue weighted by atomic mass is 32.2. The largest absolute Gasteiger partial charge is 0.378 e. The lowest BCUT2D eigenvalue weighted by atomic mass is 10.2. The average Bonchev–Trinajstić information content (AvgIpc) is 3.22. The molecule has 1 saturated heterocycles. The molecule has 0 bridgehead atoms. The van der Waals surface area contributed by atoms with Crippen LogP contribution in [0.2, 0.25) is 0 Å². The number of aromatic nitrogens is 4. The van der Waals surface area contributed by atoms with Gasteiger partial charge in [-0.25, -0.2) is 23.4 Å². The van der Waals surface area contributed by atoms with Crippen LogP contribution in [-0.4, -0.2) is 60.5 Å². The average molecular weight is 399 g/mol. The molecule has 0 radical (unpaired) electrons. The van der Waals surface area contributed by atoms with Crippen LogP contribution in [0.4, 0.5) is 5.82 Å². The minimum Gasteiger partial charge on any atom is -0.378 e. The van der Waals surface area contributed by atoms with Crippen LogP contribution in [0.5, 0.6) is 0 Å². The number of nitrogens with zero attached hydrogens (tertiary/aromatic N) is 5. The van der Waals surface area contributed by atoms with Crippen LogP contribution in [-0.2, 0) is 20.3 Å². The van der Waals surface area contributed by atoms with Gasteiger partial charge in [0.05, 0.1) is 31.0 Å². The summed E-state index contributed by atoms with van der Waals surface area (Å²) in [5, 5.41) is 0. The van der Waals surface area contributed by atoms with Crippen LogP contribution in [0.25, 0.3) is 17.1 Å². The quantitative estimate of drug-likeness (QED) is 0.645. The van der Waals surface area contributed by atoms with Gasteiger partial charge in [0.1, 0.15) is 5.82 Å². The van der Waals surface area contributed by atoms with E-state index in [0.29, 0.717) is 37.8 Å². The van der Waals surface area contributed by atoms with Gasteiger partial charge in [-0.1, -0.05) is 0 Å². The van der Waals surface area contributed by atoms with E-state index in [1.165, 1.54) is 6.26 Å². The van der Waals surface area contributed by atoms with Crippen molar-refractivity contribution in [1.82, 2.24) is 19.5 Å². The van der Waals surface area contributed by atoms with Gasteiger partial charge in [0.2, 0.25) is 0 Å². The normalized spacial score (nSPS) is 15.0. The molecule has 0 N–H and O–H groups in total. The maximum atomic E-state index is 11.8. The summed E-state index contributed by atoms with van der Waals surface area (Å²) in [6.07, 6.45) is 6.53. The predicted molar refractivity (Wildman–Crippen MR) is 106 cm³/mol. The molecule has 1 aliphatic heterocycles. The molecule has 0 amide bonds. The lowest BCUT2D eigenvalue weighted by molar-refractivity contribution is 0.122. The van der Waals surface area contributed by atoms with Crippen molar-refractivity contribution < 1.29 is 13.2 Å². The summed E-state index contributed by atoms with van der Waals surface area (Å²) in [6.45, 7) is 2.68. The zero-order valence-corrected chi connectivity index (χ0v) is 16.3. The van der Waals surface area contributed by atoms with Gasteiger partial charge in [0.25, 0.3) is 0 Å². The Morgan fingerprint density at radius 2 is 1.86 bits per heavy atom. The van der Waals surface area contributed by atoms with Crippen molar-refractivity contribution in [1.29, 1.82) is 0 Å². The van der Waals surface area contributed by atoms with Crippen LogP contribution < -0.4 is 4.90 Å². The molecule has 0 unspecified atom stereocenters. The lowest BCUT2D eigenvalue weighted by Gasteiger charge is -2.28. The van der Waals surface area contributed by atoms with Crippen molar-refractivity contribution in [3.8, 4) is 17.1 Å². The van der Waals surface area contributed by atoms with Gasteiger partial charge in [-0.2, -0.15) is 0 Å². The number of ether oxygens (including phenoxy) is 1. The highest BCUT2D eigenvalue weighted by Crippen LogP contribution is 2.23. The Balaban J connectivity index is 1.71. The van der Waals surface area contributed by atoms with Crippen LogP contribution in [0.1, 0.15) is 5.69 Å². The van der Waals surface area contributed by atoms with Crippen LogP contribution in [0.15, 0.2) is 49.1 Å². The minimum atomic E-state index is -3.20. The molecule has 4 rings (SSSR count). The van der Waals surface area contributed by atoms with Crippen LogP contribution >= 0.6 is 0 Å². The molecule has 0 saturated carbocycles. The second-order valence-electron chi connectivity index (χ2n) is 6.73. The molecule has 2 aromatic heterocycles. The lowest BCUT2D eigenvalue weighted by Crippen LogP contribution is -2.37. The maximum Gasteiger partial charge on any atom is 0.161 e. The van der Waals surface area contributed by atoms with Crippen molar-refractivity contribution in [2.24, 2.45) is 0 Å². The Kier molecular flexibility index (Phi) is 5.10. The molecule has 0 atom stereocenters. The molecular weight excluding hydrogens is 378 g/mol. The number of anilines is 1. The maximum absolute atomic E-state index is 11.8. The molecule has 0 aliphatic carbocycles. The van der Waals surface area contributed by atoms with Crippen LogP contribution in [0, 0.1) is 0 Å². The Bertz CT molecular complexity index is 1040. The molecule has 8 nitrogen and oxygen atoms in total. The SMILES string of the molecule is CS(=O)(=O)Cc1cc(N2CCOCC2)nc(-c2ccc(-n3ccnc3)cc2)n1. The van der Waals surface area contributed by atoms with Crippen LogP contribution in [0.3, 0.4) is 0 Å². The highest BCUT2D eigenvalue weighted by molar-refractivity contribution is 7.89. The van der Waals surface area contributed by atoms with E-state index in [1.807, 2.05) is 35.0 Å². The summed E-state index contributed by atoms with van der Waals surface area (Å²) in [4.78, 5) is 15.4. The molecule has 9 heteroatoms. The zero-order chi connectivity index (χ0) is 19.6. The van der Waals surface area contributed by atoms with E-state index in [0.717, 1.165) is 17.1 Å². The van der Waals surface area contributed by atoms with E-state index < -0.39 is 9.84 Å². The number of morpholine rings is 1. The van der Waals surface area contributed by atoms with Gasteiger partial charge < -0.3 is 14.2 Å². The third-order valence-corrected chi connectivity index (χ3v) is 5.26. The first-order valence-corrected chi connectivity index (χ1v) is 11.0. The second-order valence-corrected chi connectivity index (χ2v) is 8.87. The van der Waals surface area contributed by atoms with Crippen molar-refractivity contribution in [3.63, 3.8) is 0 Å². The summed E-state index contributed by atoms with van der Waals surface area (Å²) in [6, 6.07) is 9.53. The first kappa shape index (κ1) is 18.6. The number of benzene rings is 1. The fourth-order valence-corrected chi connectivity index (χ4v) is 3.79. The Hall–Kier alpha value is -2.78. The summed E-state index contributed by atoms with van der Waals surface area (Å²) in [5.74, 6) is 1.12. The first-order valence-electron chi connectivity index (χ1n) is 8.95. The van der Waals surface area contributed by atoms with Crippen molar-refractivity contribution in [3.05, 3.63) is 54.7 Å². The molecule has 1 aliphatic rings. The Morgan fingerprint density at radius 3 is 2.50 bits per heavy atom. The summed E-state index contributed by atoms with van der Waals surface area (Å²) in [5.41, 5.74) is 2.29. The molecule has 1 fully saturated rings. The fourth-order valence-electron chi connectivity index (χ4n) is 3.10. The topological polar surface area (TPSA) is 90.2 Å². The van der Waals surface area contributed by atoms with Gasteiger partial charge >= 0.3 is 0 Å². The molecule has 1 aromatic carbocycles. The molecule has 28 heavy (non-hydrogen) atoms. The molecular formula is C19H21N5O3S. The van der Waals surface area contributed by atoms with E-state index in [9.17, 15) is 8.42 Å². The number of hydrogen-bond donors (Lipinski definition) is 0. The standard InChI is InChI=1S/C19H21N5O3S/c1-28(25,26)13-16-12-18(23-8-10-27-11-9-23)22-19(21-16)15-2-4-17(5-3-15)24-7-6-20-14-24/h2-7,12,14H,8-11,13H2,1H3. The molecule has 146 valence electrons. The van der Waals surface area contributed by atoms with Gasteiger partial charge in [-0.3, -0.25) is 0 Å². The number of rotatable bonds is 5. The smallest absolute Gasteiger partial charge is 0.161 e. The predicted octanol–water partition coefficient (Wildman–Crippen LogP) is 1.71. The molecule has 0 spiro atoms. The van der Waals surface area contributed by atoms with E-state index in [2.05, 4.69) is 14.9 Å². The van der Waals surface area contributed by atoms with E-state index in [-0.39, 0.29) is 5.75 Å². The highest BCUT2D eigenvalue weighted by Gasteiger charge is 2.17. The van der Waals surface area contributed by atoms with Crippen molar-refractivity contribution in [2.45, 2.75) is 5.75 Å². The third kappa shape index (κ3) is 4.37. The summed E-state index contributed by atoms with van der Waals surface area (Å²) >= 11 is 0. The van der Waals surface area contributed by atoms with Gasteiger partial charge in [-0.05, 0) is 24.3 Å². The molecule has 3 aromatic rings. The monoisotopic (exact) mass is 399 g/mol.